The van der Waals surface area contributed by atoms with E-state index in [4.69, 9.17) is 21.7 Å². The van der Waals surface area contributed by atoms with Crippen LogP contribution in [0.4, 0.5) is 5.69 Å². The van der Waals surface area contributed by atoms with Gasteiger partial charge < -0.3 is 32.3 Å². The predicted octanol–water partition coefficient (Wildman–Crippen LogP) is -0.131. The van der Waals surface area contributed by atoms with Crippen LogP contribution in [0.2, 0.25) is 0 Å². The lowest BCUT2D eigenvalue weighted by Gasteiger charge is -2.08. The summed E-state index contributed by atoms with van der Waals surface area (Å²) in [6, 6.07) is 14.5. The van der Waals surface area contributed by atoms with Crippen LogP contribution < -0.4 is 22.1 Å². The Hall–Kier alpha value is -3.92. The molecule has 8 N–H and O–H groups in total. The van der Waals surface area contributed by atoms with Crippen molar-refractivity contribution < 1.29 is 29.4 Å². The maximum Gasteiger partial charge on any atom is 0.341 e. The molecule has 2 aromatic rings. The molecule has 1 unspecified atom stereocenters. The van der Waals surface area contributed by atoms with Crippen molar-refractivity contribution in [3.63, 3.8) is 0 Å². The largest absolute Gasteiger partial charge is 0.480 e. The van der Waals surface area contributed by atoms with E-state index in [0.29, 0.717) is 16.8 Å². The molecular formula is C18H20N4O6. The van der Waals surface area contributed by atoms with Crippen molar-refractivity contribution in [1.29, 1.82) is 0 Å². The van der Waals surface area contributed by atoms with Crippen LogP contribution in [-0.4, -0.2) is 46.7 Å². The van der Waals surface area contributed by atoms with Gasteiger partial charge in [0.05, 0.1) is 0 Å². The van der Waals surface area contributed by atoms with E-state index in [9.17, 15) is 19.2 Å². The molecule has 0 aromatic heterocycles. The van der Waals surface area contributed by atoms with Gasteiger partial charge in [-0.05, 0) is 36.4 Å². The zero-order valence-corrected chi connectivity index (χ0v) is 14.7. The van der Waals surface area contributed by atoms with Crippen LogP contribution >= 0.6 is 0 Å². The number of carboxylic acid groups (broad SMARTS) is 2. The summed E-state index contributed by atoms with van der Waals surface area (Å²) in [4.78, 5) is 43.0. The second-order valence-corrected chi connectivity index (χ2v) is 5.35. The van der Waals surface area contributed by atoms with Crippen molar-refractivity contribution in [3.8, 4) is 0 Å². The minimum absolute atomic E-state index is 0.379. The second kappa shape index (κ2) is 10.9. The Labute approximate surface area is 160 Å². The lowest BCUT2D eigenvalue weighted by molar-refractivity contribution is -0.139. The molecule has 148 valence electrons. The summed E-state index contributed by atoms with van der Waals surface area (Å²) >= 11 is 0. The number of hydrogen-bond acceptors (Lipinski definition) is 6. The minimum Gasteiger partial charge on any atom is -0.480 e. The van der Waals surface area contributed by atoms with Crippen LogP contribution in [0.3, 0.4) is 0 Å². The maximum absolute atomic E-state index is 11.3. The lowest BCUT2D eigenvalue weighted by atomic mass is 10.2. The van der Waals surface area contributed by atoms with Crippen molar-refractivity contribution in [2.24, 2.45) is 5.73 Å². The molecule has 28 heavy (non-hydrogen) atoms. The van der Waals surface area contributed by atoms with Crippen LogP contribution in [0.25, 0.3) is 0 Å². The van der Waals surface area contributed by atoms with Gasteiger partial charge in [0.2, 0.25) is 0 Å². The van der Waals surface area contributed by atoms with Gasteiger partial charge >= 0.3 is 11.9 Å². The van der Waals surface area contributed by atoms with Gasteiger partial charge in [-0.1, -0.05) is 18.2 Å². The highest BCUT2D eigenvalue weighted by atomic mass is 16.4. The van der Waals surface area contributed by atoms with E-state index in [1.54, 1.807) is 42.5 Å². The standard InChI is InChI=1S/2C9H10N2O3/c10-7-3-1-6(2-4-7)9(14)11-5-8(12)13;10-7(9(13)14)11-8(12)6-4-2-1-3-5-6/h1-4H,5,10H2,(H,11,14)(H,12,13);1-5,7H,10H2,(H,11,12)(H,13,14). The van der Waals surface area contributed by atoms with Crippen LogP contribution in [0.5, 0.6) is 0 Å². The third-order valence-electron chi connectivity index (χ3n) is 3.16. The monoisotopic (exact) mass is 388 g/mol. The van der Waals surface area contributed by atoms with Gasteiger partial charge in [0, 0.05) is 16.8 Å². The van der Waals surface area contributed by atoms with Gasteiger partial charge in [0.1, 0.15) is 6.54 Å². The molecule has 2 aromatic carbocycles. The minimum atomic E-state index is -1.37. The Bertz CT molecular complexity index is 824. The third-order valence-corrected chi connectivity index (χ3v) is 3.16. The van der Waals surface area contributed by atoms with Gasteiger partial charge in [0.15, 0.2) is 6.17 Å². The molecule has 0 spiro atoms. The van der Waals surface area contributed by atoms with Crippen LogP contribution in [0.1, 0.15) is 20.7 Å². The second-order valence-electron chi connectivity index (χ2n) is 5.35. The molecular weight excluding hydrogens is 368 g/mol. The normalized spacial score (nSPS) is 10.6. The number of nitrogens with one attached hydrogen (secondary N) is 2. The first kappa shape index (κ1) is 22.1. The molecule has 0 radical (unpaired) electrons. The number of carboxylic acids is 2. The number of hydrogen-bond donors (Lipinski definition) is 6. The first-order valence-electron chi connectivity index (χ1n) is 7.90. The summed E-state index contributed by atoms with van der Waals surface area (Å²) in [6.45, 7) is -0.386. The molecule has 0 heterocycles. The van der Waals surface area contributed by atoms with E-state index in [2.05, 4.69) is 10.6 Å². The fourth-order valence-corrected chi connectivity index (χ4v) is 1.77. The summed E-state index contributed by atoms with van der Waals surface area (Å²) < 4.78 is 0. The summed E-state index contributed by atoms with van der Waals surface area (Å²) in [7, 11) is 0. The van der Waals surface area contributed by atoms with E-state index in [-0.39, 0.29) is 6.54 Å². The van der Waals surface area contributed by atoms with E-state index < -0.39 is 29.9 Å². The summed E-state index contributed by atoms with van der Waals surface area (Å²) in [5, 5.41) is 21.1. The summed E-state index contributed by atoms with van der Waals surface area (Å²) in [6.07, 6.45) is -1.37. The highest BCUT2D eigenvalue weighted by molar-refractivity contribution is 5.96. The molecule has 1 atom stereocenters. The van der Waals surface area contributed by atoms with Crippen molar-refractivity contribution in [2.75, 3.05) is 12.3 Å². The predicted molar refractivity (Wildman–Crippen MR) is 100 cm³/mol. The quantitative estimate of drug-likeness (QED) is 0.292. The number of amides is 2. The van der Waals surface area contributed by atoms with E-state index in [1.807, 2.05) is 0 Å². The summed E-state index contributed by atoms with van der Waals surface area (Å²) in [5.74, 6) is -3.27. The smallest absolute Gasteiger partial charge is 0.341 e. The summed E-state index contributed by atoms with van der Waals surface area (Å²) in [5.41, 5.74) is 11.9. The number of benzene rings is 2. The molecule has 0 saturated carbocycles. The zero-order chi connectivity index (χ0) is 21.1. The number of carbonyl (C=O) groups is 4. The van der Waals surface area contributed by atoms with Gasteiger partial charge in [-0.25, -0.2) is 4.79 Å². The SMILES string of the molecule is NC(NC(=O)c1ccccc1)C(=O)O.Nc1ccc(C(=O)NCC(=O)O)cc1. The van der Waals surface area contributed by atoms with E-state index >= 15 is 0 Å². The molecule has 0 aliphatic carbocycles. The molecule has 0 aliphatic rings. The van der Waals surface area contributed by atoms with Gasteiger partial charge in [-0.3, -0.25) is 14.4 Å². The van der Waals surface area contributed by atoms with Crippen LogP contribution in [0, 0.1) is 0 Å². The van der Waals surface area contributed by atoms with Gasteiger partial charge in [0.25, 0.3) is 11.8 Å². The molecule has 2 amide bonds. The maximum atomic E-state index is 11.3. The molecule has 0 aliphatic heterocycles. The van der Waals surface area contributed by atoms with Gasteiger partial charge in [-0.2, -0.15) is 0 Å². The third kappa shape index (κ3) is 7.97. The first-order chi connectivity index (χ1) is 13.2. The Morgan fingerprint density at radius 2 is 1.39 bits per heavy atom. The van der Waals surface area contributed by atoms with Gasteiger partial charge in [-0.15, -0.1) is 0 Å². The highest BCUT2D eigenvalue weighted by Crippen LogP contribution is 2.04. The number of carbonyl (C=O) groups excluding carboxylic acids is 2. The number of nitrogens with two attached hydrogens (primary N) is 2. The molecule has 0 fully saturated rings. The Morgan fingerprint density at radius 1 is 0.857 bits per heavy atom. The number of rotatable bonds is 6. The average molecular weight is 388 g/mol. The number of anilines is 1. The molecule has 2 rings (SSSR count). The fourth-order valence-electron chi connectivity index (χ4n) is 1.77. The van der Waals surface area contributed by atoms with Crippen molar-refractivity contribution in [3.05, 3.63) is 65.7 Å². The zero-order valence-electron chi connectivity index (χ0n) is 14.7. The Morgan fingerprint density at radius 3 is 1.89 bits per heavy atom. The fraction of sp³-hybridized carbons (Fsp3) is 0.111. The van der Waals surface area contributed by atoms with Crippen molar-refractivity contribution in [1.82, 2.24) is 10.6 Å². The highest BCUT2D eigenvalue weighted by Gasteiger charge is 2.14. The molecule has 10 nitrogen and oxygen atoms in total. The van der Waals surface area contributed by atoms with Crippen molar-refractivity contribution >= 4 is 29.4 Å². The number of aliphatic carboxylic acids is 2. The Balaban J connectivity index is 0.000000280. The first-order valence-corrected chi connectivity index (χ1v) is 7.90. The molecule has 0 bridgehead atoms. The van der Waals surface area contributed by atoms with E-state index in [1.165, 1.54) is 12.1 Å². The lowest BCUT2D eigenvalue weighted by Crippen LogP contribution is -2.47. The topological polar surface area (TPSA) is 185 Å². The van der Waals surface area contributed by atoms with E-state index in [0.717, 1.165) is 0 Å². The average Bonchev–Trinajstić information content (AvgIpc) is 2.67. The molecule has 10 heteroatoms. The van der Waals surface area contributed by atoms with Crippen molar-refractivity contribution in [2.45, 2.75) is 6.17 Å². The number of nitrogen functional groups attached to an aromatic ring is 1. The Kier molecular flexibility index (Phi) is 8.64. The van der Waals surface area contributed by atoms with Crippen LogP contribution in [-0.2, 0) is 9.59 Å². The van der Waals surface area contributed by atoms with Crippen LogP contribution in [0.15, 0.2) is 54.6 Å². The molecule has 0 saturated heterocycles.